The number of allylic oxidation sites excluding steroid dienone is 3. The number of alkyl halides is 2. The number of anilines is 1. The maximum atomic E-state index is 13.5. The SMILES string of the molecule is FC1=C(OC(F)F)C=C(n2cc(CNc3ncccn3)nn2)CC1. The summed E-state index contributed by atoms with van der Waals surface area (Å²) in [5.41, 5.74) is 1.11. The van der Waals surface area contributed by atoms with E-state index in [4.69, 9.17) is 0 Å². The summed E-state index contributed by atoms with van der Waals surface area (Å²) in [4.78, 5) is 8.02. The molecule has 3 rings (SSSR count). The third-order valence-electron chi connectivity index (χ3n) is 3.21. The first-order chi connectivity index (χ1) is 11.6. The summed E-state index contributed by atoms with van der Waals surface area (Å²) in [5.74, 6) is -0.733. The second-order valence-corrected chi connectivity index (χ2v) is 4.86. The van der Waals surface area contributed by atoms with E-state index in [1.807, 2.05) is 0 Å². The molecule has 0 radical (unpaired) electrons. The van der Waals surface area contributed by atoms with Gasteiger partial charge in [-0.05, 0) is 12.5 Å². The van der Waals surface area contributed by atoms with E-state index in [2.05, 4.69) is 30.3 Å². The van der Waals surface area contributed by atoms with Crippen LogP contribution < -0.4 is 5.32 Å². The van der Waals surface area contributed by atoms with Gasteiger partial charge in [0.05, 0.1) is 12.7 Å². The van der Waals surface area contributed by atoms with Crippen molar-refractivity contribution in [2.45, 2.75) is 26.0 Å². The van der Waals surface area contributed by atoms with E-state index >= 15 is 0 Å². The molecule has 0 aliphatic heterocycles. The van der Waals surface area contributed by atoms with E-state index in [9.17, 15) is 13.2 Å². The van der Waals surface area contributed by atoms with E-state index in [-0.39, 0.29) is 6.42 Å². The molecule has 0 bridgehead atoms. The Morgan fingerprint density at radius 3 is 2.79 bits per heavy atom. The minimum atomic E-state index is -3.08. The second kappa shape index (κ2) is 7.11. The highest BCUT2D eigenvalue weighted by molar-refractivity contribution is 5.52. The molecule has 24 heavy (non-hydrogen) atoms. The van der Waals surface area contributed by atoms with Crippen LogP contribution in [0.25, 0.3) is 5.70 Å². The van der Waals surface area contributed by atoms with Crippen LogP contribution in [0.3, 0.4) is 0 Å². The molecule has 0 spiro atoms. The highest BCUT2D eigenvalue weighted by Crippen LogP contribution is 2.29. The molecule has 0 unspecified atom stereocenters. The highest BCUT2D eigenvalue weighted by atomic mass is 19.3. The van der Waals surface area contributed by atoms with Crippen molar-refractivity contribution in [3.8, 4) is 0 Å². The van der Waals surface area contributed by atoms with Crippen molar-refractivity contribution in [2.75, 3.05) is 5.32 Å². The van der Waals surface area contributed by atoms with Gasteiger partial charge in [0.25, 0.3) is 0 Å². The van der Waals surface area contributed by atoms with Gasteiger partial charge in [-0.3, -0.25) is 0 Å². The molecule has 0 saturated heterocycles. The molecule has 0 fully saturated rings. The van der Waals surface area contributed by atoms with Crippen LogP contribution in [-0.2, 0) is 11.3 Å². The molecule has 1 N–H and O–H groups in total. The van der Waals surface area contributed by atoms with Crippen LogP contribution in [0.15, 0.2) is 42.3 Å². The first-order valence-corrected chi connectivity index (χ1v) is 7.08. The average Bonchev–Trinajstić information content (AvgIpc) is 3.04. The van der Waals surface area contributed by atoms with Crippen molar-refractivity contribution in [1.29, 1.82) is 0 Å². The molecule has 0 aromatic carbocycles. The van der Waals surface area contributed by atoms with Crippen molar-refractivity contribution < 1.29 is 17.9 Å². The van der Waals surface area contributed by atoms with E-state index < -0.39 is 18.2 Å². The number of aromatic nitrogens is 5. The molecule has 2 heterocycles. The van der Waals surface area contributed by atoms with Crippen molar-refractivity contribution in [1.82, 2.24) is 25.0 Å². The summed E-state index contributed by atoms with van der Waals surface area (Å²) < 4.78 is 43.7. The number of hydrogen-bond acceptors (Lipinski definition) is 6. The van der Waals surface area contributed by atoms with Gasteiger partial charge in [0.2, 0.25) is 5.95 Å². The van der Waals surface area contributed by atoms with Gasteiger partial charge < -0.3 is 10.1 Å². The largest absolute Gasteiger partial charge is 0.432 e. The lowest BCUT2D eigenvalue weighted by molar-refractivity contribution is -0.0945. The zero-order chi connectivity index (χ0) is 16.9. The lowest BCUT2D eigenvalue weighted by atomic mass is 10.1. The maximum absolute atomic E-state index is 13.5. The zero-order valence-electron chi connectivity index (χ0n) is 12.4. The fraction of sp³-hybridized carbons (Fsp3) is 0.286. The molecule has 1 aliphatic carbocycles. The second-order valence-electron chi connectivity index (χ2n) is 4.86. The molecule has 126 valence electrons. The lowest BCUT2D eigenvalue weighted by Gasteiger charge is -2.15. The van der Waals surface area contributed by atoms with Gasteiger partial charge in [0.1, 0.15) is 11.5 Å². The van der Waals surface area contributed by atoms with Gasteiger partial charge in [-0.1, -0.05) is 5.21 Å². The van der Waals surface area contributed by atoms with Crippen molar-refractivity contribution >= 4 is 11.6 Å². The van der Waals surface area contributed by atoms with Gasteiger partial charge in [-0.25, -0.2) is 19.0 Å². The zero-order valence-corrected chi connectivity index (χ0v) is 12.4. The Morgan fingerprint density at radius 1 is 1.25 bits per heavy atom. The fourth-order valence-electron chi connectivity index (χ4n) is 2.12. The molecule has 1 aliphatic rings. The summed E-state index contributed by atoms with van der Waals surface area (Å²) in [6.07, 6.45) is 6.30. The first kappa shape index (κ1) is 16.0. The van der Waals surface area contributed by atoms with Gasteiger partial charge in [0, 0.05) is 30.6 Å². The Morgan fingerprint density at radius 2 is 2.04 bits per heavy atom. The van der Waals surface area contributed by atoms with E-state index in [1.165, 1.54) is 10.8 Å². The van der Waals surface area contributed by atoms with Crippen LogP contribution in [0.5, 0.6) is 0 Å². The van der Waals surface area contributed by atoms with Crippen molar-refractivity contribution in [3.05, 3.63) is 48.0 Å². The molecule has 2 aromatic rings. The van der Waals surface area contributed by atoms with Crippen LogP contribution in [0.4, 0.5) is 19.1 Å². The van der Waals surface area contributed by atoms with E-state index in [0.29, 0.717) is 30.3 Å². The van der Waals surface area contributed by atoms with Gasteiger partial charge >= 0.3 is 6.61 Å². The highest BCUT2D eigenvalue weighted by Gasteiger charge is 2.19. The average molecular weight is 338 g/mol. The molecule has 2 aromatic heterocycles. The first-order valence-electron chi connectivity index (χ1n) is 7.08. The number of halogens is 3. The Balaban J connectivity index is 1.69. The molecular formula is C14H13F3N6O. The third-order valence-corrected chi connectivity index (χ3v) is 3.21. The normalized spacial score (nSPS) is 14.8. The fourth-order valence-corrected chi connectivity index (χ4v) is 2.12. The number of nitrogens with one attached hydrogen (secondary N) is 1. The van der Waals surface area contributed by atoms with E-state index in [0.717, 1.165) is 0 Å². The molecule has 10 heteroatoms. The Bertz CT molecular complexity index is 759. The summed E-state index contributed by atoms with van der Waals surface area (Å²) in [7, 11) is 0. The number of ether oxygens (including phenoxy) is 1. The predicted octanol–water partition coefficient (Wildman–Crippen LogP) is 2.74. The minimum Gasteiger partial charge on any atom is -0.432 e. The van der Waals surface area contributed by atoms with Crippen LogP contribution in [0.2, 0.25) is 0 Å². The molecule has 0 atom stereocenters. The maximum Gasteiger partial charge on any atom is 0.387 e. The molecular weight excluding hydrogens is 325 g/mol. The molecule has 0 amide bonds. The Labute approximate surface area is 134 Å². The smallest absolute Gasteiger partial charge is 0.387 e. The summed E-state index contributed by atoms with van der Waals surface area (Å²) in [6, 6.07) is 1.70. The summed E-state index contributed by atoms with van der Waals surface area (Å²) >= 11 is 0. The predicted molar refractivity (Wildman–Crippen MR) is 78.1 cm³/mol. The number of hydrogen-bond donors (Lipinski definition) is 1. The summed E-state index contributed by atoms with van der Waals surface area (Å²) in [6.45, 7) is -2.75. The van der Waals surface area contributed by atoms with Crippen molar-refractivity contribution in [3.63, 3.8) is 0 Å². The monoisotopic (exact) mass is 338 g/mol. The standard InChI is InChI=1S/C14H13F3N6O/c15-11-3-2-10(6-12(11)24-13(16)17)23-8-9(21-22-23)7-20-14-18-4-1-5-19-14/h1,4-6,8,13H,2-3,7H2,(H,18,19,20). The van der Waals surface area contributed by atoms with Crippen LogP contribution in [-0.4, -0.2) is 31.6 Å². The number of nitrogens with zero attached hydrogens (tertiary/aromatic N) is 5. The van der Waals surface area contributed by atoms with Crippen LogP contribution in [0, 0.1) is 0 Å². The van der Waals surface area contributed by atoms with Crippen LogP contribution >= 0.6 is 0 Å². The topological polar surface area (TPSA) is 77.8 Å². The molecule has 0 saturated carbocycles. The quantitative estimate of drug-likeness (QED) is 0.873. The Kier molecular flexibility index (Phi) is 4.73. The third kappa shape index (κ3) is 3.89. The lowest BCUT2D eigenvalue weighted by Crippen LogP contribution is -2.08. The Hall–Kier alpha value is -2.91. The molecule has 7 nitrogen and oxygen atoms in total. The summed E-state index contributed by atoms with van der Waals surface area (Å²) in [5, 5.41) is 10.9. The van der Waals surface area contributed by atoms with Gasteiger partial charge in [-0.15, -0.1) is 5.10 Å². The van der Waals surface area contributed by atoms with Crippen LogP contribution in [0.1, 0.15) is 18.5 Å². The van der Waals surface area contributed by atoms with E-state index in [1.54, 1.807) is 24.7 Å². The minimum absolute atomic E-state index is 0.0286. The van der Waals surface area contributed by atoms with Gasteiger partial charge in [0.15, 0.2) is 5.76 Å². The van der Waals surface area contributed by atoms with Crippen molar-refractivity contribution in [2.24, 2.45) is 0 Å². The van der Waals surface area contributed by atoms with Gasteiger partial charge in [-0.2, -0.15) is 8.78 Å². The number of rotatable bonds is 6.